The van der Waals surface area contributed by atoms with Gasteiger partial charge in [-0.2, -0.15) is 0 Å². The predicted molar refractivity (Wildman–Crippen MR) is 211 cm³/mol. The molecule has 0 heterocycles. The SMILES string of the molecule is CC(C)(C)C1=CC2C3C=C(C(C)(C)C)C(c4ccccc4)=CC3C(C(c3ccc(C(C)(C)C)cc3)C3CCCC3)C2C=C1c1ccccc1. The van der Waals surface area contributed by atoms with Gasteiger partial charge in [0.1, 0.15) is 0 Å². The fraction of sp³-hybridized carbons (Fsp3) is 0.469. The Labute approximate surface area is 298 Å². The highest BCUT2D eigenvalue weighted by Gasteiger charge is 2.55. The van der Waals surface area contributed by atoms with Gasteiger partial charge in [-0.05, 0) is 115 Å². The second kappa shape index (κ2) is 12.7. The van der Waals surface area contributed by atoms with Crippen LogP contribution in [-0.4, -0.2) is 0 Å². The Bertz CT molecular complexity index is 1650. The summed E-state index contributed by atoms with van der Waals surface area (Å²) >= 11 is 0. The molecule has 5 atom stereocenters. The van der Waals surface area contributed by atoms with E-state index in [0.29, 0.717) is 35.5 Å². The molecule has 0 saturated heterocycles. The highest BCUT2D eigenvalue weighted by atomic mass is 14.6. The van der Waals surface area contributed by atoms with Crippen LogP contribution in [0.1, 0.15) is 116 Å². The van der Waals surface area contributed by atoms with Gasteiger partial charge in [-0.25, -0.2) is 0 Å². The third kappa shape index (κ3) is 6.51. The van der Waals surface area contributed by atoms with Crippen LogP contribution in [0.5, 0.6) is 0 Å². The van der Waals surface area contributed by atoms with Crippen LogP contribution in [0.2, 0.25) is 0 Å². The molecule has 0 aromatic heterocycles. The third-order valence-electron chi connectivity index (χ3n) is 12.5. The van der Waals surface area contributed by atoms with Crippen LogP contribution < -0.4 is 0 Å². The van der Waals surface area contributed by atoms with Crippen molar-refractivity contribution in [3.05, 3.63) is 143 Å². The summed E-state index contributed by atoms with van der Waals surface area (Å²) in [6.07, 6.45) is 16.6. The number of benzene rings is 3. The first-order valence-electron chi connectivity index (χ1n) is 19.3. The smallest absolute Gasteiger partial charge is 0.00919 e. The quantitative estimate of drug-likeness (QED) is 0.258. The van der Waals surface area contributed by atoms with Gasteiger partial charge in [-0.15, -0.1) is 0 Å². The van der Waals surface area contributed by atoms with Gasteiger partial charge in [-0.3, -0.25) is 0 Å². The zero-order chi connectivity index (χ0) is 34.7. The summed E-state index contributed by atoms with van der Waals surface area (Å²) in [5.41, 5.74) is 12.0. The minimum atomic E-state index is 0.0597. The Morgan fingerprint density at radius 1 is 0.469 bits per heavy atom. The Hall–Kier alpha value is -3.38. The average molecular weight is 649 g/mol. The summed E-state index contributed by atoms with van der Waals surface area (Å²) in [6, 6.07) is 32.6. The van der Waals surface area contributed by atoms with Crippen molar-refractivity contribution in [1.82, 2.24) is 0 Å². The molecule has 0 aliphatic heterocycles. The van der Waals surface area contributed by atoms with Crippen molar-refractivity contribution in [3.8, 4) is 0 Å². The number of hydrogen-bond acceptors (Lipinski definition) is 0. The van der Waals surface area contributed by atoms with E-state index in [2.05, 4.69) is 172 Å². The zero-order valence-corrected chi connectivity index (χ0v) is 31.8. The first-order chi connectivity index (χ1) is 23.2. The molecule has 256 valence electrons. The van der Waals surface area contributed by atoms with Crippen LogP contribution >= 0.6 is 0 Å². The number of hydrogen-bond donors (Lipinski definition) is 0. The molecule has 0 bridgehead atoms. The van der Waals surface area contributed by atoms with Crippen molar-refractivity contribution in [2.75, 3.05) is 0 Å². The number of fused-ring (bicyclic) bond motifs is 3. The maximum absolute atomic E-state index is 2.79. The molecule has 0 nitrogen and oxygen atoms in total. The predicted octanol–water partition coefficient (Wildman–Crippen LogP) is 13.5. The summed E-state index contributed by atoms with van der Waals surface area (Å²) in [7, 11) is 0. The Kier molecular flexibility index (Phi) is 8.87. The Morgan fingerprint density at radius 2 is 0.898 bits per heavy atom. The van der Waals surface area contributed by atoms with E-state index in [9.17, 15) is 0 Å². The van der Waals surface area contributed by atoms with Crippen molar-refractivity contribution >= 4 is 11.1 Å². The van der Waals surface area contributed by atoms with Crippen LogP contribution in [-0.2, 0) is 5.41 Å². The van der Waals surface area contributed by atoms with Gasteiger partial charge < -0.3 is 0 Å². The summed E-state index contributed by atoms with van der Waals surface area (Å²) < 4.78 is 0. The van der Waals surface area contributed by atoms with Crippen LogP contribution in [0.4, 0.5) is 0 Å². The zero-order valence-electron chi connectivity index (χ0n) is 31.8. The van der Waals surface area contributed by atoms with Crippen LogP contribution in [0.25, 0.3) is 11.1 Å². The maximum Gasteiger partial charge on any atom is -0.00919 e. The maximum atomic E-state index is 2.79. The van der Waals surface area contributed by atoms with E-state index in [4.69, 9.17) is 0 Å². The molecule has 3 aromatic rings. The molecular formula is C49H60. The van der Waals surface area contributed by atoms with E-state index in [0.717, 1.165) is 5.92 Å². The van der Waals surface area contributed by atoms with Crippen molar-refractivity contribution < 1.29 is 0 Å². The van der Waals surface area contributed by atoms with Crippen LogP contribution in [0.15, 0.2) is 120 Å². The van der Waals surface area contributed by atoms with E-state index in [1.807, 2.05) is 0 Å². The van der Waals surface area contributed by atoms with Crippen LogP contribution in [0, 0.1) is 46.3 Å². The number of allylic oxidation sites excluding steroid dienone is 8. The lowest BCUT2D eigenvalue weighted by molar-refractivity contribution is 0.239. The van der Waals surface area contributed by atoms with Crippen molar-refractivity contribution in [1.29, 1.82) is 0 Å². The third-order valence-corrected chi connectivity index (χ3v) is 12.5. The normalized spacial score (nSPS) is 26.7. The van der Waals surface area contributed by atoms with Crippen LogP contribution in [0.3, 0.4) is 0 Å². The van der Waals surface area contributed by atoms with E-state index >= 15 is 0 Å². The van der Waals surface area contributed by atoms with Crippen molar-refractivity contribution in [3.63, 3.8) is 0 Å². The van der Waals surface area contributed by atoms with Gasteiger partial charge in [0.2, 0.25) is 0 Å². The van der Waals surface area contributed by atoms with Crippen molar-refractivity contribution in [2.45, 2.75) is 99.3 Å². The molecule has 2 saturated carbocycles. The minimum absolute atomic E-state index is 0.0597. The van der Waals surface area contributed by atoms with E-state index < -0.39 is 0 Å². The molecule has 7 rings (SSSR count). The van der Waals surface area contributed by atoms with Gasteiger partial charge in [0, 0.05) is 0 Å². The second-order valence-electron chi connectivity index (χ2n) is 18.9. The van der Waals surface area contributed by atoms with Gasteiger partial charge in [-0.1, -0.05) is 184 Å². The first kappa shape index (κ1) is 34.1. The average Bonchev–Trinajstić information content (AvgIpc) is 3.70. The van der Waals surface area contributed by atoms with Gasteiger partial charge >= 0.3 is 0 Å². The standard InChI is InChI=1S/C49H60/c1-47(2,3)36-26-24-35(25-27-36)45(34-22-16-17-23-34)46-41-28-37(32-18-12-10-13-19-32)43(48(4,5)6)30-39(41)40-31-44(49(7,8)9)38(29-42(40)46)33-20-14-11-15-21-33/h10-15,18-21,24-31,34,39-42,45-46H,16-17,22-23H2,1-9H3. The fourth-order valence-electron chi connectivity index (χ4n) is 10.2. The summed E-state index contributed by atoms with van der Waals surface area (Å²) in [6.45, 7) is 21.5. The van der Waals surface area contributed by atoms with Gasteiger partial charge in [0.15, 0.2) is 0 Å². The van der Waals surface area contributed by atoms with Gasteiger partial charge in [0.25, 0.3) is 0 Å². The molecule has 0 N–H and O–H groups in total. The lowest BCUT2D eigenvalue weighted by Gasteiger charge is -2.39. The highest BCUT2D eigenvalue weighted by molar-refractivity contribution is 5.84. The molecule has 5 unspecified atom stereocenters. The molecule has 0 heteroatoms. The summed E-state index contributed by atoms with van der Waals surface area (Å²) in [5.74, 6) is 3.73. The monoisotopic (exact) mass is 648 g/mol. The molecule has 0 amide bonds. The molecule has 0 radical (unpaired) electrons. The molecule has 2 fully saturated rings. The molecule has 0 spiro atoms. The van der Waals surface area contributed by atoms with Gasteiger partial charge in [0.05, 0.1) is 0 Å². The molecule has 3 aromatic carbocycles. The van der Waals surface area contributed by atoms with E-state index in [-0.39, 0.29) is 16.2 Å². The molecular weight excluding hydrogens is 589 g/mol. The molecule has 4 aliphatic rings. The van der Waals surface area contributed by atoms with E-state index in [1.165, 1.54) is 64.7 Å². The highest BCUT2D eigenvalue weighted by Crippen LogP contribution is 2.63. The Balaban J connectivity index is 1.46. The van der Waals surface area contributed by atoms with E-state index in [1.54, 1.807) is 5.56 Å². The second-order valence-corrected chi connectivity index (χ2v) is 18.9. The molecule has 49 heavy (non-hydrogen) atoms. The lowest BCUT2D eigenvalue weighted by atomic mass is 9.64. The first-order valence-corrected chi connectivity index (χ1v) is 19.3. The summed E-state index contributed by atoms with van der Waals surface area (Å²) in [5, 5.41) is 0. The largest absolute Gasteiger partial charge is 0.0758 e. The number of rotatable bonds is 5. The molecule has 4 aliphatic carbocycles. The lowest BCUT2D eigenvalue weighted by Crippen LogP contribution is -2.30. The fourth-order valence-corrected chi connectivity index (χ4v) is 10.2. The van der Waals surface area contributed by atoms with Crippen molar-refractivity contribution in [2.24, 2.45) is 46.3 Å². The Morgan fingerprint density at radius 3 is 1.29 bits per heavy atom. The minimum Gasteiger partial charge on any atom is -0.0758 e. The summed E-state index contributed by atoms with van der Waals surface area (Å²) in [4.78, 5) is 0. The topological polar surface area (TPSA) is 0 Å².